The molecule has 27 heavy (non-hydrogen) atoms. The highest BCUT2D eigenvalue weighted by Gasteiger charge is 2.22. The van der Waals surface area contributed by atoms with Crippen LogP contribution in [0.2, 0.25) is 0 Å². The van der Waals surface area contributed by atoms with Crippen molar-refractivity contribution >= 4 is 6.09 Å². The molecule has 0 aromatic heterocycles. The molecule has 0 aliphatic rings. The number of aliphatic hydroxyl groups is 1. The second-order valence-corrected chi connectivity index (χ2v) is 7.13. The summed E-state index contributed by atoms with van der Waals surface area (Å²) in [6.45, 7) is 5.40. The number of nitrogens with one attached hydrogen (secondary N) is 2. The van der Waals surface area contributed by atoms with E-state index in [1.807, 2.05) is 60.7 Å². The number of benzene rings is 2. The molecule has 0 bridgehead atoms. The third kappa shape index (κ3) is 8.24. The van der Waals surface area contributed by atoms with Gasteiger partial charge in [-0.25, -0.2) is 4.79 Å². The van der Waals surface area contributed by atoms with Gasteiger partial charge in [-0.3, -0.25) is 0 Å². The molecular weight excluding hydrogens is 340 g/mol. The molecule has 3 N–H and O–H groups in total. The lowest BCUT2D eigenvalue weighted by atomic mass is 9.99. The summed E-state index contributed by atoms with van der Waals surface area (Å²) in [7, 11) is 0. The average Bonchev–Trinajstić information content (AvgIpc) is 2.67. The van der Waals surface area contributed by atoms with Gasteiger partial charge in [0.2, 0.25) is 0 Å². The highest BCUT2D eigenvalue weighted by atomic mass is 16.5. The van der Waals surface area contributed by atoms with Crippen LogP contribution in [0.1, 0.15) is 31.4 Å². The van der Waals surface area contributed by atoms with Crippen LogP contribution < -0.4 is 10.6 Å². The molecule has 146 valence electrons. The Morgan fingerprint density at radius 2 is 1.59 bits per heavy atom. The lowest BCUT2D eigenvalue weighted by Crippen LogP contribution is -2.48. The Hall–Kier alpha value is -2.37. The Balaban J connectivity index is 1.80. The van der Waals surface area contributed by atoms with Crippen LogP contribution in [0, 0.1) is 5.92 Å². The monoisotopic (exact) mass is 370 g/mol. The minimum atomic E-state index is -0.694. The molecule has 0 aliphatic heterocycles. The number of aliphatic hydroxyl groups excluding tert-OH is 1. The second kappa shape index (κ2) is 11.4. The van der Waals surface area contributed by atoms with E-state index in [0.29, 0.717) is 25.4 Å². The lowest BCUT2D eigenvalue weighted by Gasteiger charge is -2.25. The summed E-state index contributed by atoms with van der Waals surface area (Å²) in [6.07, 6.45) is -0.527. The highest BCUT2D eigenvalue weighted by molar-refractivity contribution is 5.67. The van der Waals surface area contributed by atoms with Gasteiger partial charge < -0.3 is 20.5 Å². The Morgan fingerprint density at radius 1 is 1.00 bits per heavy atom. The van der Waals surface area contributed by atoms with Crippen LogP contribution in [-0.4, -0.2) is 29.9 Å². The minimum absolute atomic E-state index is 0.212. The van der Waals surface area contributed by atoms with Gasteiger partial charge in [-0.15, -0.1) is 0 Å². The summed E-state index contributed by atoms with van der Waals surface area (Å²) < 4.78 is 5.28. The quantitative estimate of drug-likeness (QED) is 0.599. The Bertz CT molecular complexity index is 662. The zero-order valence-corrected chi connectivity index (χ0v) is 16.1. The zero-order chi connectivity index (χ0) is 19.5. The van der Waals surface area contributed by atoms with Gasteiger partial charge in [0, 0.05) is 13.1 Å². The van der Waals surface area contributed by atoms with Crippen LogP contribution in [0.15, 0.2) is 60.7 Å². The first-order valence-electron chi connectivity index (χ1n) is 9.44. The largest absolute Gasteiger partial charge is 0.445 e. The summed E-state index contributed by atoms with van der Waals surface area (Å²) in [6, 6.07) is 19.2. The smallest absolute Gasteiger partial charge is 0.407 e. The fourth-order valence-electron chi connectivity index (χ4n) is 2.84. The SMILES string of the molecule is CC(C)C[C@H](NC(=O)OCc1ccccc1)C(O)CNCc1ccccc1. The zero-order valence-electron chi connectivity index (χ0n) is 16.1. The van der Waals surface area contributed by atoms with Crippen molar-refractivity contribution in [2.45, 2.75) is 45.6 Å². The maximum Gasteiger partial charge on any atom is 0.407 e. The maximum atomic E-state index is 12.1. The van der Waals surface area contributed by atoms with Crippen LogP contribution in [-0.2, 0) is 17.9 Å². The van der Waals surface area contributed by atoms with E-state index in [1.165, 1.54) is 0 Å². The van der Waals surface area contributed by atoms with Crippen molar-refractivity contribution in [3.05, 3.63) is 71.8 Å². The van der Waals surface area contributed by atoms with Gasteiger partial charge in [0.25, 0.3) is 0 Å². The molecule has 0 spiro atoms. The molecule has 1 amide bonds. The van der Waals surface area contributed by atoms with Crippen LogP contribution in [0.3, 0.4) is 0 Å². The van der Waals surface area contributed by atoms with Gasteiger partial charge in [0.05, 0.1) is 12.1 Å². The topological polar surface area (TPSA) is 70.6 Å². The van der Waals surface area contributed by atoms with E-state index in [1.54, 1.807) is 0 Å². The number of ether oxygens (including phenoxy) is 1. The molecule has 5 heteroatoms. The van der Waals surface area contributed by atoms with Gasteiger partial charge in [-0.2, -0.15) is 0 Å². The van der Waals surface area contributed by atoms with E-state index < -0.39 is 12.2 Å². The Kier molecular flexibility index (Phi) is 8.81. The van der Waals surface area contributed by atoms with Crippen molar-refractivity contribution in [1.29, 1.82) is 0 Å². The molecule has 2 rings (SSSR count). The van der Waals surface area contributed by atoms with E-state index in [-0.39, 0.29) is 12.6 Å². The van der Waals surface area contributed by atoms with Crippen LogP contribution in [0.25, 0.3) is 0 Å². The molecule has 5 nitrogen and oxygen atoms in total. The van der Waals surface area contributed by atoms with Crippen molar-refractivity contribution in [2.75, 3.05) is 6.54 Å². The Labute approximate surface area is 161 Å². The first kappa shape index (κ1) is 20.9. The van der Waals surface area contributed by atoms with E-state index in [2.05, 4.69) is 24.5 Å². The molecule has 1 unspecified atom stereocenters. The number of hydrogen-bond donors (Lipinski definition) is 3. The second-order valence-electron chi connectivity index (χ2n) is 7.13. The van der Waals surface area contributed by atoms with Crippen molar-refractivity contribution in [2.24, 2.45) is 5.92 Å². The fraction of sp³-hybridized carbons (Fsp3) is 0.409. The van der Waals surface area contributed by atoms with E-state index in [9.17, 15) is 9.90 Å². The van der Waals surface area contributed by atoms with Crippen molar-refractivity contribution in [1.82, 2.24) is 10.6 Å². The maximum absolute atomic E-state index is 12.1. The van der Waals surface area contributed by atoms with Crippen LogP contribution in [0.5, 0.6) is 0 Å². The molecule has 0 radical (unpaired) electrons. The lowest BCUT2D eigenvalue weighted by molar-refractivity contribution is 0.0935. The molecule has 0 saturated heterocycles. The van der Waals surface area contributed by atoms with Gasteiger partial charge in [-0.1, -0.05) is 74.5 Å². The number of alkyl carbamates (subject to hydrolysis) is 1. The van der Waals surface area contributed by atoms with Gasteiger partial charge >= 0.3 is 6.09 Å². The summed E-state index contributed by atoms with van der Waals surface area (Å²) in [5.74, 6) is 0.341. The molecule has 0 heterocycles. The number of amides is 1. The van der Waals surface area contributed by atoms with Crippen LogP contribution >= 0.6 is 0 Å². The van der Waals surface area contributed by atoms with Gasteiger partial charge in [0.1, 0.15) is 6.61 Å². The average molecular weight is 370 g/mol. The first-order valence-corrected chi connectivity index (χ1v) is 9.44. The van der Waals surface area contributed by atoms with E-state index >= 15 is 0 Å². The summed E-state index contributed by atoms with van der Waals surface area (Å²) in [5, 5.41) is 16.6. The van der Waals surface area contributed by atoms with Crippen molar-refractivity contribution in [3.8, 4) is 0 Å². The molecule has 0 aliphatic carbocycles. The summed E-state index contributed by atoms with van der Waals surface area (Å²) in [4.78, 5) is 12.1. The molecule has 0 saturated carbocycles. The molecular formula is C22H30N2O3. The van der Waals surface area contributed by atoms with Gasteiger partial charge in [-0.05, 0) is 23.5 Å². The molecule has 0 fully saturated rings. The first-order chi connectivity index (χ1) is 13.0. The molecule has 2 atom stereocenters. The third-order valence-electron chi connectivity index (χ3n) is 4.23. The molecule has 2 aromatic rings. The highest BCUT2D eigenvalue weighted by Crippen LogP contribution is 2.10. The predicted molar refractivity (Wildman–Crippen MR) is 107 cm³/mol. The third-order valence-corrected chi connectivity index (χ3v) is 4.23. The fourth-order valence-corrected chi connectivity index (χ4v) is 2.84. The normalized spacial score (nSPS) is 13.2. The Morgan fingerprint density at radius 3 is 2.19 bits per heavy atom. The number of carbonyl (C=O) groups is 1. The molecule has 2 aromatic carbocycles. The van der Waals surface area contributed by atoms with Crippen LogP contribution in [0.4, 0.5) is 4.79 Å². The predicted octanol–water partition coefficient (Wildman–Crippen LogP) is 3.48. The minimum Gasteiger partial charge on any atom is -0.445 e. The van der Waals surface area contributed by atoms with E-state index in [4.69, 9.17) is 4.74 Å². The summed E-state index contributed by atoms with van der Waals surface area (Å²) in [5.41, 5.74) is 2.08. The standard InChI is InChI=1S/C22H30N2O3/c1-17(2)13-20(21(25)15-23-14-18-9-5-3-6-10-18)24-22(26)27-16-19-11-7-4-8-12-19/h3-12,17,20-21,23,25H,13-16H2,1-2H3,(H,24,26)/t20-,21?/m0/s1. The van der Waals surface area contributed by atoms with Crippen molar-refractivity contribution in [3.63, 3.8) is 0 Å². The number of hydrogen-bond acceptors (Lipinski definition) is 4. The van der Waals surface area contributed by atoms with E-state index in [0.717, 1.165) is 11.1 Å². The number of carbonyl (C=O) groups excluding carboxylic acids is 1. The number of rotatable bonds is 10. The van der Waals surface area contributed by atoms with Crippen molar-refractivity contribution < 1.29 is 14.6 Å². The summed E-state index contributed by atoms with van der Waals surface area (Å²) >= 11 is 0. The van der Waals surface area contributed by atoms with Gasteiger partial charge in [0.15, 0.2) is 0 Å².